The molecule has 5 heteroatoms. The summed E-state index contributed by atoms with van der Waals surface area (Å²) < 4.78 is 18.9. The maximum atomic E-state index is 13.2. The van der Waals surface area contributed by atoms with Crippen molar-refractivity contribution in [3.05, 3.63) is 66.0 Å². The molecule has 1 amide bonds. The zero-order valence-corrected chi connectivity index (χ0v) is 15.3. The number of rotatable bonds is 7. The second-order valence-electron chi connectivity index (χ2n) is 6.91. The Kier molecular flexibility index (Phi) is 6.58. The van der Waals surface area contributed by atoms with Crippen molar-refractivity contribution in [1.82, 2.24) is 4.90 Å². The van der Waals surface area contributed by atoms with Crippen molar-refractivity contribution in [2.45, 2.75) is 25.7 Å². The lowest BCUT2D eigenvalue weighted by molar-refractivity contribution is -0.133. The number of Topliss-reactive ketones (excluding diaryl/α,β-unsaturated/α-hetero) is 1. The Balaban J connectivity index is 1.45. The number of nitrogens with zero attached hydrogens (tertiary/aromatic N) is 1. The molecule has 1 fully saturated rings. The number of hydrogen-bond donors (Lipinski definition) is 0. The van der Waals surface area contributed by atoms with Crippen molar-refractivity contribution < 1.29 is 18.7 Å². The molecule has 0 saturated carbocycles. The van der Waals surface area contributed by atoms with Crippen LogP contribution in [0.15, 0.2) is 54.6 Å². The third-order valence-electron chi connectivity index (χ3n) is 4.82. The second kappa shape index (κ2) is 9.31. The summed E-state index contributed by atoms with van der Waals surface area (Å²) in [7, 11) is 0. The van der Waals surface area contributed by atoms with Gasteiger partial charge in [0.15, 0.2) is 5.78 Å². The molecule has 1 atom stereocenters. The summed E-state index contributed by atoms with van der Waals surface area (Å²) in [6.07, 6.45) is 2.34. The van der Waals surface area contributed by atoms with Crippen molar-refractivity contribution in [1.29, 1.82) is 0 Å². The maximum Gasteiger partial charge on any atom is 0.223 e. The van der Waals surface area contributed by atoms with Crippen LogP contribution in [-0.2, 0) is 4.79 Å². The topological polar surface area (TPSA) is 46.6 Å². The van der Waals surface area contributed by atoms with Crippen molar-refractivity contribution in [2.75, 3.05) is 19.7 Å². The van der Waals surface area contributed by atoms with Gasteiger partial charge in [-0.1, -0.05) is 36.4 Å². The minimum Gasteiger partial charge on any atom is -0.493 e. The number of ether oxygens (including phenoxy) is 1. The lowest BCUT2D eigenvalue weighted by Crippen LogP contribution is -2.41. The van der Waals surface area contributed by atoms with E-state index in [1.54, 1.807) is 24.3 Å². The number of halogens is 1. The molecule has 1 unspecified atom stereocenters. The van der Waals surface area contributed by atoms with Crippen LogP contribution in [-0.4, -0.2) is 36.3 Å². The number of benzene rings is 2. The smallest absolute Gasteiger partial charge is 0.223 e. The Morgan fingerprint density at radius 3 is 2.67 bits per heavy atom. The van der Waals surface area contributed by atoms with E-state index in [9.17, 15) is 14.0 Å². The summed E-state index contributed by atoms with van der Waals surface area (Å²) >= 11 is 0. The van der Waals surface area contributed by atoms with Crippen molar-refractivity contribution >= 4 is 11.7 Å². The van der Waals surface area contributed by atoms with Gasteiger partial charge in [-0.3, -0.25) is 9.59 Å². The van der Waals surface area contributed by atoms with Gasteiger partial charge in [0.25, 0.3) is 0 Å². The third kappa shape index (κ3) is 5.64. The molecule has 0 radical (unpaired) electrons. The number of amides is 1. The number of carbonyl (C=O) groups excluding carboxylic acids is 2. The molecule has 3 rings (SSSR count). The van der Waals surface area contributed by atoms with E-state index < -0.39 is 0 Å². The predicted molar refractivity (Wildman–Crippen MR) is 101 cm³/mol. The van der Waals surface area contributed by atoms with E-state index in [1.807, 2.05) is 23.1 Å². The van der Waals surface area contributed by atoms with Gasteiger partial charge in [0.2, 0.25) is 5.91 Å². The average molecular weight is 369 g/mol. The van der Waals surface area contributed by atoms with E-state index >= 15 is 0 Å². The number of ketones is 1. The molecule has 1 aliphatic rings. The molecule has 142 valence electrons. The molecule has 1 saturated heterocycles. The van der Waals surface area contributed by atoms with Gasteiger partial charge in [0.05, 0.1) is 6.61 Å². The molecule has 2 aromatic carbocycles. The third-order valence-corrected chi connectivity index (χ3v) is 4.82. The van der Waals surface area contributed by atoms with Crippen LogP contribution in [0.1, 0.15) is 36.0 Å². The number of carbonyl (C=O) groups is 2. The zero-order chi connectivity index (χ0) is 19.1. The van der Waals surface area contributed by atoms with Crippen LogP contribution >= 0.6 is 0 Å². The van der Waals surface area contributed by atoms with Crippen LogP contribution in [0.2, 0.25) is 0 Å². The number of hydrogen-bond acceptors (Lipinski definition) is 3. The first kappa shape index (κ1) is 19.1. The Bertz CT molecular complexity index is 778. The summed E-state index contributed by atoms with van der Waals surface area (Å²) in [5.74, 6) is 0.403. The Labute approximate surface area is 158 Å². The molecule has 2 aromatic rings. The highest BCUT2D eigenvalue weighted by atomic mass is 19.1. The second-order valence-corrected chi connectivity index (χ2v) is 6.91. The summed E-state index contributed by atoms with van der Waals surface area (Å²) in [5, 5.41) is 0. The predicted octanol–water partition coefficient (Wildman–Crippen LogP) is 4.11. The molecule has 1 aliphatic heterocycles. The highest BCUT2D eigenvalue weighted by Gasteiger charge is 2.24. The average Bonchev–Trinajstić information content (AvgIpc) is 2.71. The molecular formula is C22H24FNO3. The van der Waals surface area contributed by atoms with Crippen molar-refractivity contribution in [3.63, 3.8) is 0 Å². The van der Waals surface area contributed by atoms with Gasteiger partial charge in [0.1, 0.15) is 11.6 Å². The minimum absolute atomic E-state index is 0.00746. The Morgan fingerprint density at radius 1 is 1.07 bits per heavy atom. The minimum atomic E-state index is -0.323. The van der Waals surface area contributed by atoms with Gasteiger partial charge >= 0.3 is 0 Å². The highest BCUT2D eigenvalue weighted by Crippen LogP contribution is 2.20. The molecule has 4 nitrogen and oxygen atoms in total. The van der Waals surface area contributed by atoms with Crippen LogP contribution in [0.25, 0.3) is 0 Å². The van der Waals surface area contributed by atoms with Crippen LogP contribution in [0.4, 0.5) is 4.39 Å². The van der Waals surface area contributed by atoms with E-state index in [-0.39, 0.29) is 36.3 Å². The van der Waals surface area contributed by atoms with E-state index in [1.165, 1.54) is 12.1 Å². The molecule has 1 heterocycles. The fraction of sp³-hybridized carbons (Fsp3) is 0.364. The van der Waals surface area contributed by atoms with Crippen molar-refractivity contribution in [3.8, 4) is 5.75 Å². The van der Waals surface area contributed by atoms with Gasteiger partial charge in [-0.15, -0.1) is 0 Å². The first-order chi connectivity index (χ1) is 13.1. The molecule has 0 spiro atoms. The molecule has 27 heavy (non-hydrogen) atoms. The van der Waals surface area contributed by atoms with Crippen LogP contribution in [0.3, 0.4) is 0 Å². The van der Waals surface area contributed by atoms with Gasteiger partial charge in [-0.2, -0.15) is 0 Å². The van der Waals surface area contributed by atoms with E-state index in [4.69, 9.17) is 4.74 Å². The number of piperidine rings is 1. The van der Waals surface area contributed by atoms with E-state index in [2.05, 4.69) is 0 Å². The summed E-state index contributed by atoms with van der Waals surface area (Å²) in [5.41, 5.74) is 0.644. The normalized spacial score (nSPS) is 16.8. The zero-order valence-electron chi connectivity index (χ0n) is 15.3. The largest absolute Gasteiger partial charge is 0.493 e. The quantitative estimate of drug-likeness (QED) is 0.690. The summed E-state index contributed by atoms with van der Waals surface area (Å²) in [6, 6.07) is 15.1. The van der Waals surface area contributed by atoms with Crippen LogP contribution < -0.4 is 4.74 Å². The Hall–Kier alpha value is -2.69. The van der Waals surface area contributed by atoms with Crippen LogP contribution in [0.5, 0.6) is 5.75 Å². The fourth-order valence-electron chi connectivity index (χ4n) is 3.35. The van der Waals surface area contributed by atoms with Gasteiger partial charge in [-0.05, 0) is 25.0 Å². The van der Waals surface area contributed by atoms with Crippen LogP contribution in [0, 0.1) is 11.7 Å². The molecule has 0 aliphatic carbocycles. The van der Waals surface area contributed by atoms with E-state index in [0.717, 1.165) is 19.4 Å². The molecule has 0 N–H and O–H groups in total. The lowest BCUT2D eigenvalue weighted by atomic mass is 9.98. The summed E-state index contributed by atoms with van der Waals surface area (Å²) in [6.45, 7) is 1.79. The first-order valence-electron chi connectivity index (χ1n) is 9.36. The standard InChI is InChI=1S/C22H24FNO3/c23-19-9-4-10-20(14-19)27-16-17-6-5-13-24(15-17)22(26)12-11-21(25)18-7-2-1-3-8-18/h1-4,7-10,14,17H,5-6,11-13,15-16H2. The van der Waals surface area contributed by atoms with E-state index in [0.29, 0.717) is 24.5 Å². The van der Waals surface area contributed by atoms with Crippen molar-refractivity contribution in [2.24, 2.45) is 5.92 Å². The first-order valence-corrected chi connectivity index (χ1v) is 9.36. The molecule has 0 aromatic heterocycles. The van der Waals surface area contributed by atoms with Gasteiger partial charge in [0, 0.05) is 43.5 Å². The number of likely N-dealkylation sites (tertiary alicyclic amines) is 1. The Morgan fingerprint density at radius 2 is 1.89 bits per heavy atom. The monoisotopic (exact) mass is 369 g/mol. The van der Waals surface area contributed by atoms with Gasteiger partial charge < -0.3 is 9.64 Å². The maximum absolute atomic E-state index is 13.2. The van der Waals surface area contributed by atoms with Gasteiger partial charge in [-0.25, -0.2) is 4.39 Å². The summed E-state index contributed by atoms with van der Waals surface area (Å²) in [4.78, 5) is 26.5. The highest BCUT2D eigenvalue weighted by molar-refractivity contribution is 5.97. The molecule has 0 bridgehead atoms. The molecular weight excluding hydrogens is 345 g/mol. The fourth-order valence-corrected chi connectivity index (χ4v) is 3.35. The SMILES string of the molecule is O=C(CCC(=O)N1CCCC(COc2cccc(F)c2)C1)c1ccccc1. The lowest BCUT2D eigenvalue weighted by Gasteiger charge is -2.32.